The first-order valence-corrected chi connectivity index (χ1v) is 7.55. The second kappa shape index (κ2) is 6.01. The molecule has 0 unspecified atom stereocenters. The lowest BCUT2D eigenvalue weighted by Crippen LogP contribution is -1.99. The van der Waals surface area contributed by atoms with Crippen molar-refractivity contribution in [2.75, 3.05) is 0 Å². The van der Waals surface area contributed by atoms with E-state index < -0.39 is 5.97 Å². The van der Waals surface area contributed by atoms with Gasteiger partial charge >= 0.3 is 5.97 Å². The summed E-state index contributed by atoms with van der Waals surface area (Å²) in [5.74, 6) is -0.0138. The zero-order valence-corrected chi connectivity index (χ0v) is 12.1. The molecule has 0 saturated heterocycles. The van der Waals surface area contributed by atoms with Crippen LogP contribution in [-0.2, 0) is 17.0 Å². The van der Waals surface area contributed by atoms with Crippen molar-refractivity contribution in [3.63, 3.8) is 0 Å². The highest BCUT2D eigenvalue weighted by Crippen LogP contribution is 2.23. The summed E-state index contributed by atoms with van der Waals surface area (Å²) in [4.78, 5) is 16.3. The van der Waals surface area contributed by atoms with Crippen LogP contribution in [0.1, 0.15) is 11.3 Å². The summed E-state index contributed by atoms with van der Waals surface area (Å²) in [7, 11) is 0. The van der Waals surface area contributed by atoms with Gasteiger partial charge in [0.1, 0.15) is 5.65 Å². The molecule has 0 fully saturated rings. The Balaban J connectivity index is 1.65. The number of hydrogen-bond acceptors (Lipinski definition) is 3. The number of rotatable bonds is 5. The van der Waals surface area contributed by atoms with E-state index in [0.717, 1.165) is 27.6 Å². The van der Waals surface area contributed by atoms with E-state index >= 15 is 0 Å². The van der Waals surface area contributed by atoms with Crippen molar-refractivity contribution in [2.24, 2.45) is 0 Å². The van der Waals surface area contributed by atoms with E-state index in [4.69, 9.17) is 5.11 Å². The number of nitrogens with zero attached hydrogens (tertiary/aromatic N) is 2. The van der Waals surface area contributed by atoms with Gasteiger partial charge in [-0.05, 0) is 29.8 Å². The Labute approximate surface area is 126 Å². The summed E-state index contributed by atoms with van der Waals surface area (Å²) in [6.45, 7) is 0. The molecule has 0 radical (unpaired) electrons. The predicted octanol–water partition coefficient (Wildman–Crippen LogP) is 3.25. The molecule has 0 aliphatic heterocycles. The smallest absolute Gasteiger partial charge is 0.307 e. The number of imidazole rings is 1. The zero-order valence-electron chi connectivity index (χ0n) is 11.3. The lowest BCUT2D eigenvalue weighted by Gasteiger charge is -2.01. The minimum Gasteiger partial charge on any atom is -0.481 e. The van der Waals surface area contributed by atoms with E-state index in [1.807, 2.05) is 59.3 Å². The third-order valence-electron chi connectivity index (χ3n) is 3.08. The Bertz CT molecular complexity index is 732. The van der Waals surface area contributed by atoms with E-state index in [9.17, 15) is 4.79 Å². The number of aromatic nitrogens is 2. The second-order valence-corrected chi connectivity index (χ2v) is 5.75. The Morgan fingerprint density at radius 2 is 2.00 bits per heavy atom. The highest BCUT2D eigenvalue weighted by molar-refractivity contribution is 7.98. The molecular formula is C16H14N2O2S. The maximum atomic E-state index is 10.6. The number of hydrogen-bond donors (Lipinski definition) is 1. The van der Waals surface area contributed by atoms with E-state index in [0.29, 0.717) is 0 Å². The molecule has 1 aromatic carbocycles. The fourth-order valence-electron chi connectivity index (χ4n) is 2.09. The van der Waals surface area contributed by atoms with Crippen LogP contribution < -0.4 is 0 Å². The maximum absolute atomic E-state index is 10.6. The number of pyridine rings is 1. The zero-order chi connectivity index (χ0) is 14.7. The molecule has 2 heterocycles. The molecule has 0 amide bonds. The fraction of sp³-hybridized carbons (Fsp3) is 0.125. The second-order valence-electron chi connectivity index (χ2n) is 4.70. The van der Waals surface area contributed by atoms with Crippen LogP contribution in [0.2, 0.25) is 0 Å². The Morgan fingerprint density at radius 3 is 2.71 bits per heavy atom. The summed E-state index contributed by atoms with van der Waals surface area (Å²) < 4.78 is 2.01. The van der Waals surface area contributed by atoms with Crippen molar-refractivity contribution >= 4 is 23.4 Å². The molecule has 0 bridgehead atoms. The van der Waals surface area contributed by atoms with Gasteiger partial charge in [-0.25, -0.2) is 4.98 Å². The molecular weight excluding hydrogens is 284 g/mol. The molecule has 0 saturated carbocycles. The topological polar surface area (TPSA) is 54.6 Å². The first-order valence-electron chi connectivity index (χ1n) is 6.57. The van der Waals surface area contributed by atoms with E-state index in [1.54, 1.807) is 11.8 Å². The van der Waals surface area contributed by atoms with Gasteiger partial charge in [0.05, 0.1) is 12.1 Å². The van der Waals surface area contributed by atoms with Gasteiger partial charge in [0, 0.05) is 23.0 Å². The summed E-state index contributed by atoms with van der Waals surface area (Å²) in [6, 6.07) is 13.6. The predicted molar refractivity (Wildman–Crippen MR) is 82.5 cm³/mol. The fourth-order valence-corrected chi connectivity index (χ4v) is 2.87. The number of carboxylic acid groups (broad SMARTS) is 1. The van der Waals surface area contributed by atoms with Crippen molar-refractivity contribution in [1.82, 2.24) is 9.38 Å². The molecule has 3 aromatic rings. The van der Waals surface area contributed by atoms with Gasteiger partial charge in [0.25, 0.3) is 0 Å². The number of carbonyl (C=O) groups is 1. The van der Waals surface area contributed by atoms with Crippen LogP contribution in [0.25, 0.3) is 5.65 Å². The van der Waals surface area contributed by atoms with Gasteiger partial charge in [0.15, 0.2) is 0 Å². The van der Waals surface area contributed by atoms with Crippen LogP contribution in [0.5, 0.6) is 0 Å². The number of carboxylic acids is 1. The van der Waals surface area contributed by atoms with Gasteiger partial charge in [-0.1, -0.05) is 18.2 Å². The minimum atomic E-state index is -0.805. The van der Waals surface area contributed by atoms with Crippen molar-refractivity contribution in [2.45, 2.75) is 17.1 Å². The van der Waals surface area contributed by atoms with Crippen LogP contribution in [0.15, 0.2) is 59.8 Å². The SMILES string of the molecule is O=C(O)Cc1ccc(SCc2cn3ccccc3n2)cc1. The molecule has 0 aliphatic rings. The quantitative estimate of drug-likeness (QED) is 0.735. The lowest BCUT2D eigenvalue weighted by molar-refractivity contribution is -0.136. The van der Waals surface area contributed by atoms with Gasteiger partial charge in [-0.15, -0.1) is 11.8 Å². The van der Waals surface area contributed by atoms with Crippen molar-refractivity contribution in [3.05, 3.63) is 66.1 Å². The van der Waals surface area contributed by atoms with Gasteiger partial charge in [0.2, 0.25) is 0 Å². The monoisotopic (exact) mass is 298 g/mol. The standard InChI is InChI=1S/C16H14N2O2S/c19-16(20)9-12-4-6-14(7-5-12)21-11-13-10-18-8-2-1-3-15(18)17-13/h1-8,10H,9,11H2,(H,19,20). The number of fused-ring (bicyclic) bond motifs is 1. The Kier molecular flexibility index (Phi) is 3.92. The molecule has 2 aromatic heterocycles. The van der Waals surface area contributed by atoms with Crippen LogP contribution in [0.3, 0.4) is 0 Å². The molecule has 5 heteroatoms. The maximum Gasteiger partial charge on any atom is 0.307 e. The Hall–Kier alpha value is -2.27. The number of benzene rings is 1. The lowest BCUT2D eigenvalue weighted by atomic mass is 10.2. The van der Waals surface area contributed by atoms with E-state index in [1.165, 1.54) is 0 Å². The molecule has 1 N–H and O–H groups in total. The molecule has 0 spiro atoms. The average molecular weight is 298 g/mol. The number of aliphatic carboxylic acids is 1. The van der Waals surface area contributed by atoms with Gasteiger partial charge < -0.3 is 9.51 Å². The molecule has 106 valence electrons. The van der Waals surface area contributed by atoms with Crippen molar-refractivity contribution < 1.29 is 9.90 Å². The third-order valence-corrected chi connectivity index (χ3v) is 4.12. The third kappa shape index (κ3) is 3.44. The summed E-state index contributed by atoms with van der Waals surface area (Å²) in [6.07, 6.45) is 4.08. The van der Waals surface area contributed by atoms with E-state index in [-0.39, 0.29) is 6.42 Å². The first-order chi connectivity index (χ1) is 10.2. The van der Waals surface area contributed by atoms with Crippen LogP contribution >= 0.6 is 11.8 Å². The molecule has 3 rings (SSSR count). The highest BCUT2D eigenvalue weighted by atomic mass is 32.2. The first kappa shape index (κ1) is 13.7. The summed E-state index contributed by atoms with van der Waals surface area (Å²) in [5, 5.41) is 8.74. The van der Waals surface area contributed by atoms with Crippen LogP contribution in [0.4, 0.5) is 0 Å². The van der Waals surface area contributed by atoms with Crippen molar-refractivity contribution in [1.29, 1.82) is 0 Å². The number of thioether (sulfide) groups is 1. The highest BCUT2D eigenvalue weighted by Gasteiger charge is 2.03. The Morgan fingerprint density at radius 1 is 1.19 bits per heavy atom. The normalized spacial score (nSPS) is 10.9. The minimum absolute atomic E-state index is 0.0668. The molecule has 4 nitrogen and oxygen atoms in total. The van der Waals surface area contributed by atoms with Gasteiger partial charge in [-0.3, -0.25) is 4.79 Å². The van der Waals surface area contributed by atoms with Crippen molar-refractivity contribution in [3.8, 4) is 0 Å². The largest absolute Gasteiger partial charge is 0.481 e. The molecule has 0 atom stereocenters. The van der Waals surface area contributed by atoms with E-state index in [2.05, 4.69) is 4.98 Å². The van der Waals surface area contributed by atoms with Crippen LogP contribution in [-0.4, -0.2) is 20.5 Å². The average Bonchev–Trinajstić information content (AvgIpc) is 2.89. The summed E-state index contributed by atoms with van der Waals surface area (Å²) >= 11 is 1.69. The summed E-state index contributed by atoms with van der Waals surface area (Å²) in [5.41, 5.74) is 2.80. The molecule has 0 aliphatic carbocycles. The van der Waals surface area contributed by atoms with Gasteiger partial charge in [-0.2, -0.15) is 0 Å². The van der Waals surface area contributed by atoms with Crippen LogP contribution in [0, 0.1) is 0 Å². The molecule has 21 heavy (non-hydrogen) atoms.